The third kappa shape index (κ3) is 52.3. The standard InChI is InChI=1S/C60H108O6/c1-4-7-10-13-16-19-21-23-25-27-29-30-32-33-35-37-39-41-44-47-50-53-59(62)65-56-57(55-64-58(61)52-49-46-43-18-15-12-9-6-3)66-60(63)54-51-48-45-42-40-38-36-34-31-28-26-24-22-20-17-14-11-8-5-2/h7,10,16,19,23,25,29-30,57H,4-6,8-9,11-15,17-18,20-22,24,26-28,31-56H2,1-3H3/b10-7-,19-16-,25-23-,30-29-. The van der Waals surface area contributed by atoms with E-state index < -0.39 is 6.10 Å². The number of ether oxygens (including phenoxy) is 3. The number of allylic oxidation sites excluding steroid dienone is 8. The van der Waals surface area contributed by atoms with Crippen molar-refractivity contribution >= 4 is 17.9 Å². The molecule has 66 heavy (non-hydrogen) atoms. The number of carbonyl (C=O) groups excluding carboxylic acids is 3. The van der Waals surface area contributed by atoms with Gasteiger partial charge in [0.15, 0.2) is 6.10 Å². The van der Waals surface area contributed by atoms with Crippen molar-refractivity contribution in [3.05, 3.63) is 48.6 Å². The number of rotatable bonds is 52. The molecule has 1 unspecified atom stereocenters. The average Bonchev–Trinajstić information content (AvgIpc) is 3.31. The van der Waals surface area contributed by atoms with Gasteiger partial charge in [0.2, 0.25) is 0 Å². The summed E-state index contributed by atoms with van der Waals surface area (Å²) in [5.41, 5.74) is 0. The molecule has 0 amide bonds. The predicted octanol–water partition coefficient (Wildman–Crippen LogP) is 19.0. The van der Waals surface area contributed by atoms with E-state index in [9.17, 15) is 14.4 Å². The van der Waals surface area contributed by atoms with Crippen LogP contribution in [0.4, 0.5) is 0 Å². The van der Waals surface area contributed by atoms with Crippen LogP contribution in [0, 0.1) is 0 Å². The summed E-state index contributed by atoms with van der Waals surface area (Å²) < 4.78 is 16.8. The van der Waals surface area contributed by atoms with Gasteiger partial charge in [0, 0.05) is 19.3 Å². The first-order valence-corrected chi connectivity index (χ1v) is 28.6. The summed E-state index contributed by atoms with van der Waals surface area (Å²) in [6, 6.07) is 0. The average molecular weight is 926 g/mol. The second-order valence-corrected chi connectivity index (χ2v) is 19.2. The van der Waals surface area contributed by atoms with Crippen molar-refractivity contribution in [2.75, 3.05) is 13.2 Å². The van der Waals surface area contributed by atoms with Gasteiger partial charge in [0.05, 0.1) is 0 Å². The Balaban J connectivity index is 4.22. The zero-order chi connectivity index (χ0) is 47.9. The lowest BCUT2D eigenvalue weighted by Crippen LogP contribution is -2.30. The summed E-state index contributed by atoms with van der Waals surface area (Å²) in [4.78, 5) is 38.0. The number of hydrogen-bond donors (Lipinski definition) is 0. The third-order valence-electron chi connectivity index (χ3n) is 12.6. The third-order valence-corrected chi connectivity index (χ3v) is 12.6. The molecular formula is C60H108O6. The number of carbonyl (C=O) groups is 3. The smallest absolute Gasteiger partial charge is 0.306 e. The summed E-state index contributed by atoms with van der Waals surface area (Å²) in [7, 11) is 0. The molecular weight excluding hydrogens is 817 g/mol. The van der Waals surface area contributed by atoms with E-state index in [4.69, 9.17) is 14.2 Å². The number of hydrogen-bond acceptors (Lipinski definition) is 6. The largest absolute Gasteiger partial charge is 0.462 e. The van der Waals surface area contributed by atoms with Crippen molar-refractivity contribution in [2.24, 2.45) is 0 Å². The van der Waals surface area contributed by atoms with Crippen LogP contribution in [-0.2, 0) is 28.6 Å². The van der Waals surface area contributed by atoms with Gasteiger partial charge in [-0.1, -0.05) is 268 Å². The van der Waals surface area contributed by atoms with Crippen LogP contribution in [0.3, 0.4) is 0 Å². The zero-order valence-corrected chi connectivity index (χ0v) is 44.0. The number of esters is 3. The van der Waals surface area contributed by atoms with Crippen LogP contribution in [0.15, 0.2) is 48.6 Å². The molecule has 0 rings (SSSR count). The van der Waals surface area contributed by atoms with Crippen LogP contribution in [0.25, 0.3) is 0 Å². The Bertz CT molecular complexity index is 1150. The van der Waals surface area contributed by atoms with Gasteiger partial charge in [-0.3, -0.25) is 14.4 Å². The normalized spacial score (nSPS) is 12.3. The summed E-state index contributed by atoms with van der Waals surface area (Å²) in [6.45, 7) is 6.53. The molecule has 0 aromatic rings. The Labute approximate surface area is 409 Å². The summed E-state index contributed by atoms with van der Waals surface area (Å²) >= 11 is 0. The van der Waals surface area contributed by atoms with Gasteiger partial charge in [-0.2, -0.15) is 0 Å². The highest BCUT2D eigenvalue weighted by Gasteiger charge is 2.19. The molecule has 0 spiro atoms. The minimum atomic E-state index is -0.771. The second-order valence-electron chi connectivity index (χ2n) is 19.2. The fraction of sp³-hybridized carbons (Fsp3) is 0.817. The molecule has 6 nitrogen and oxygen atoms in total. The highest BCUT2D eigenvalue weighted by Crippen LogP contribution is 2.17. The minimum absolute atomic E-state index is 0.0719. The molecule has 0 fully saturated rings. The lowest BCUT2D eigenvalue weighted by molar-refractivity contribution is -0.167. The van der Waals surface area contributed by atoms with Gasteiger partial charge in [-0.15, -0.1) is 0 Å². The zero-order valence-electron chi connectivity index (χ0n) is 44.0. The highest BCUT2D eigenvalue weighted by molar-refractivity contribution is 5.71. The van der Waals surface area contributed by atoms with Crippen LogP contribution in [0.2, 0.25) is 0 Å². The van der Waals surface area contributed by atoms with Crippen molar-refractivity contribution < 1.29 is 28.6 Å². The van der Waals surface area contributed by atoms with Crippen LogP contribution < -0.4 is 0 Å². The first-order chi connectivity index (χ1) is 32.5. The van der Waals surface area contributed by atoms with E-state index in [2.05, 4.69) is 69.4 Å². The lowest BCUT2D eigenvalue weighted by Gasteiger charge is -2.18. The van der Waals surface area contributed by atoms with Gasteiger partial charge >= 0.3 is 17.9 Å². The Hall–Kier alpha value is -2.63. The fourth-order valence-corrected chi connectivity index (χ4v) is 8.32. The maximum atomic E-state index is 12.8. The molecule has 0 aliphatic rings. The predicted molar refractivity (Wildman–Crippen MR) is 284 cm³/mol. The number of unbranched alkanes of at least 4 members (excludes halogenated alkanes) is 33. The molecule has 0 saturated heterocycles. The first-order valence-electron chi connectivity index (χ1n) is 28.6. The van der Waals surface area contributed by atoms with E-state index in [-0.39, 0.29) is 31.1 Å². The second kappa shape index (κ2) is 55.0. The minimum Gasteiger partial charge on any atom is -0.462 e. The van der Waals surface area contributed by atoms with Crippen LogP contribution >= 0.6 is 0 Å². The molecule has 1 atom stereocenters. The molecule has 0 radical (unpaired) electrons. The molecule has 384 valence electrons. The molecule has 0 aromatic heterocycles. The molecule has 0 heterocycles. The maximum absolute atomic E-state index is 12.8. The maximum Gasteiger partial charge on any atom is 0.306 e. The quantitative estimate of drug-likeness (QED) is 0.0262. The monoisotopic (exact) mass is 925 g/mol. The lowest BCUT2D eigenvalue weighted by atomic mass is 10.0. The Morgan fingerprint density at radius 3 is 0.924 bits per heavy atom. The molecule has 0 aliphatic heterocycles. The summed E-state index contributed by atoms with van der Waals surface area (Å²) in [5.74, 6) is -0.870. The Kier molecular flexibility index (Phi) is 52.8. The van der Waals surface area contributed by atoms with Gasteiger partial charge in [-0.05, 0) is 57.8 Å². The highest BCUT2D eigenvalue weighted by atomic mass is 16.6. The molecule has 6 heteroatoms. The van der Waals surface area contributed by atoms with E-state index >= 15 is 0 Å². The first kappa shape index (κ1) is 63.4. The molecule has 0 aromatic carbocycles. The molecule has 0 aliphatic carbocycles. The van der Waals surface area contributed by atoms with Gasteiger partial charge < -0.3 is 14.2 Å². The van der Waals surface area contributed by atoms with E-state index in [0.717, 1.165) is 89.9 Å². The van der Waals surface area contributed by atoms with E-state index in [1.807, 2.05) is 0 Å². The molecule has 0 N–H and O–H groups in total. The van der Waals surface area contributed by atoms with Crippen molar-refractivity contribution in [3.63, 3.8) is 0 Å². The Morgan fingerprint density at radius 1 is 0.318 bits per heavy atom. The van der Waals surface area contributed by atoms with Crippen LogP contribution in [0.1, 0.15) is 297 Å². The van der Waals surface area contributed by atoms with E-state index in [1.165, 1.54) is 167 Å². The topological polar surface area (TPSA) is 78.9 Å². The molecule has 0 saturated carbocycles. The van der Waals surface area contributed by atoms with Crippen molar-refractivity contribution in [1.29, 1.82) is 0 Å². The Morgan fingerprint density at radius 2 is 0.591 bits per heavy atom. The van der Waals surface area contributed by atoms with Crippen LogP contribution in [-0.4, -0.2) is 37.2 Å². The van der Waals surface area contributed by atoms with Gasteiger partial charge in [-0.25, -0.2) is 0 Å². The fourth-order valence-electron chi connectivity index (χ4n) is 8.32. The summed E-state index contributed by atoms with van der Waals surface area (Å²) in [5, 5.41) is 0. The van der Waals surface area contributed by atoms with Crippen molar-refractivity contribution in [3.8, 4) is 0 Å². The van der Waals surface area contributed by atoms with E-state index in [0.29, 0.717) is 19.3 Å². The van der Waals surface area contributed by atoms with E-state index in [1.54, 1.807) is 0 Å². The van der Waals surface area contributed by atoms with Gasteiger partial charge in [0.25, 0.3) is 0 Å². The van der Waals surface area contributed by atoms with Crippen molar-refractivity contribution in [2.45, 2.75) is 303 Å². The summed E-state index contributed by atoms with van der Waals surface area (Å²) in [6.07, 6.45) is 66.9. The SMILES string of the molecule is CC/C=C\C/C=C\C/C=C\C/C=C\CCCCCCCCCCC(=O)OCC(COC(=O)CCCCCCCCCC)OC(=O)CCCCCCCCCCCCCCCCCCCCC. The van der Waals surface area contributed by atoms with Crippen molar-refractivity contribution in [1.82, 2.24) is 0 Å². The van der Waals surface area contributed by atoms with Crippen LogP contribution in [0.5, 0.6) is 0 Å². The van der Waals surface area contributed by atoms with Gasteiger partial charge in [0.1, 0.15) is 13.2 Å². The molecule has 0 bridgehead atoms.